The predicted molar refractivity (Wildman–Crippen MR) is 197 cm³/mol. The fraction of sp³-hybridized carbons (Fsp3) is 0.488. The smallest absolute Gasteiger partial charge is 0.333 e. The Bertz CT molecular complexity index is 1390. The molecule has 0 radical (unpaired) electrons. The number of carbonyl (C=O) groups excluding carboxylic acids is 1. The summed E-state index contributed by atoms with van der Waals surface area (Å²) in [4.78, 5) is 12.0. The second kappa shape index (κ2) is 17.8. The topological polar surface area (TPSA) is 54.0 Å². The van der Waals surface area contributed by atoms with Crippen molar-refractivity contribution in [2.24, 2.45) is 11.3 Å². The van der Waals surface area contributed by atoms with Crippen LogP contribution in [0.5, 0.6) is 5.75 Å². The van der Waals surface area contributed by atoms with Gasteiger partial charge in [-0.25, -0.2) is 4.79 Å². The normalized spacial score (nSPS) is 14.7. The molecule has 0 saturated carbocycles. The Morgan fingerprint density at radius 1 is 0.851 bits per heavy atom. The first-order valence-corrected chi connectivity index (χ1v) is 20.8. The number of ether oxygens (including phenoxy) is 4. The molecule has 0 spiro atoms. The molecule has 0 bridgehead atoms. The molecule has 0 amide bonds. The standard InChI is InChI=1S/C41H56O5Si/c1-7-9-26-47(5,6)39-22-18-37(19-23-39)35-14-12-34(13-15-35)36-16-20-38(21-17-36)45-25-10-11-33(28-46-40(42)32(3)4)27-43-29-41(24-8-2)30-44-31-41/h12-23,33H,3,7-11,24-31H2,1-2,4-6H3. The van der Waals surface area contributed by atoms with Crippen molar-refractivity contribution in [3.63, 3.8) is 0 Å². The van der Waals surface area contributed by atoms with Crippen LogP contribution in [0.1, 0.15) is 59.3 Å². The van der Waals surface area contributed by atoms with Gasteiger partial charge >= 0.3 is 5.97 Å². The highest BCUT2D eigenvalue weighted by atomic mass is 28.3. The van der Waals surface area contributed by atoms with Gasteiger partial charge in [0.05, 0.1) is 47.7 Å². The van der Waals surface area contributed by atoms with Crippen LogP contribution in [0, 0.1) is 11.3 Å². The molecule has 3 aromatic rings. The fourth-order valence-corrected chi connectivity index (χ4v) is 8.83. The lowest BCUT2D eigenvalue weighted by Crippen LogP contribution is -2.46. The maximum Gasteiger partial charge on any atom is 0.333 e. The monoisotopic (exact) mass is 656 g/mol. The van der Waals surface area contributed by atoms with Gasteiger partial charge in [-0.05, 0) is 60.6 Å². The van der Waals surface area contributed by atoms with Gasteiger partial charge in [0.2, 0.25) is 0 Å². The average Bonchev–Trinajstić information content (AvgIpc) is 3.07. The van der Waals surface area contributed by atoms with E-state index in [0.717, 1.165) is 50.2 Å². The number of carbonyl (C=O) groups is 1. The van der Waals surface area contributed by atoms with Gasteiger partial charge in [-0.2, -0.15) is 0 Å². The molecule has 3 aromatic carbocycles. The quantitative estimate of drug-likeness (QED) is 0.0525. The van der Waals surface area contributed by atoms with E-state index in [9.17, 15) is 4.79 Å². The molecule has 5 nitrogen and oxygen atoms in total. The van der Waals surface area contributed by atoms with E-state index in [2.05, 4.69) is 94.2 Å². The lowest BCUT2D eigenvalue weighted by atomic mass is 9.82. The molecular weight excluding hydrogens is 601 g/mol. The first-order chi connectivity index (χ1) is 22.6. The van der Waals surface area contributed by atoms with Gasteiger partial charge in [-0.3, -0.25) is 0 Å². The van der Waals surface area contributed by atoms with Crippen LogP contribution in [0.2, 0.25) is 19.1 Å². The van der Waals surface area contributed by atoms with Gasteiger partial charge in [-0.15, -0.1) is 0 Å². The van der Waals surface area contributed by atoms with Crippen molar-refractivity contribution < 1.29 is 23.7 Å². The second-order valence-electron chi connectivity index (χ2n) is 14.2. The zero-order chi connectivity index (χ0) is 33.7. The summed E-state index contributed by atoms with van der Waals surface area (Å²) < 4.78 is 23.2. The average molecular weight is 657 g/mol. The third-order valence-corrected chi connectivity index (χ3v) is 12.9. The van der Waals surface area contributed by atoms with Crippen molar-refractivity contribution in [3.8, 4) is 28.0 Å². The van der Waals surface area contributed by atoms with Gasteiger partial charge in [-0.1, -0.05) is 125 Å². The highest BCUT2D eigenvalue weighted by molar-refractivity contribution is 6.89. The van der Waals surface area contributed by atoms with E-state index < -0.39 is 8.07 Å². The second-order valence-corrected chi connectivity index (χ2v) is 19.0. The summed E-state index contributed by atoms with van der Waals surface area (Å²) in [7, 11) is -1.36. The summed E-state index contributed by atoms with van der Waals surface area (Å²) in [5, 5.41) is 1.54. The van der Waals surface area contributed by atoms with Gasteiger partial charge in [0.1, 0.15) is 5.75 Å². The molecule has 1 aliphatic rings. The number of hydrogen-bond donors (Lipinski definition) is 0. The minimum absolute atomic E-state index is 0.101. The first-order valence-electron chi connectivity index (χ1n) is 17.6. The van der Waals surface area contributed by atoms with Crippen molar-refractivity contribution >= 4 is 19.2 Å². The summed E-state index contributed by atoms with van der Waals surface area (Å²) in [5.74, 6) is 0.598. The van der Waals surface area contributed by atoms with Crippen LogP contribution < -0.4 is 9.92 Å². The van der Waals surface area contributed by atoms with E-state index in [-0.39, 0.29) is 17.3 Å². The number of hydrogen-bond acceptors (Lipinski definition) is 5. The van der Waals surface area contributed by atoms with Gasteiger partial charge in [0.15, 0.2) is 0 Å². The zero-order valence-corrected chi connectivity index (χ0v) is 30.4. The van der Waals surface area contributed by atoms with Crippen LogP contribution in [0.3, 0.4) is 0 Å². The maximum absolute atomic E-state index is 12.0. The third-order valence-electron chi connectivity index (χ3n) is 9.41. The SMILES string of the molecule is C=C(C)C(=O)OCC(CCCOc1ccc(-c2ccc(-c3ccc([Si](C)(C)CCCC)cc3)cc2)cc1)COCC1(CCC)COC1. The largest absolute Gasteiger partial charge is 0.494 e. The molecule has 1 unspecified atom stereocenters. The lowest BCUT2D eigenvalue weighted by Gasteiger charge is -2.41. The summed E-state index contributed by atoms with van der Waals surface area (Å²) in [5.41, 5.74) is 5.41. The van der Waals surface area contributed by atoms with Gasteiger partial charge in [0.25, 0.3) is 0 Å². The van der Waals surface area contributed by atoms with E-state index in [1.807, 2.05) is 12.1 Å². The predicted octanol–water partition coefficient (Wildman–Crippen LogP) is 9.46. The van der Waals surface area contributed by atoms with Crippen molar-refractivity contribution in [1.82, 2.24) is 0 Å². The zero-order valence-electron chi connectivity index (χ0n) is 29.4. The van der Waals surface area contributed by atoms with Crippen molar-refractivity contribution in [1.29, 1.82) is 0 Å². The number of rotatable bonds is 20. The highest BCUT2D eigenvalue weighted by Crippen LogP contribution is 2.33. The molecule has 47 heavy (non-hydrogen) atoms. The summed E-state index contributed by atoms with van der Waals surface area (Å²) in [6.45, 7) is 18.5. The molecule has 0 aromatic heterocycles. The van der Waals surface area contributed by atoms with Crippen molar-refractivity contribution in [2.75, 3.05) is 39.6 Å². The summed E-state index contributed by atoms with van der Waals surface area (Å²) >= 11 is 0. The Morgan fingerprint density at radius 2 is 1.43 bits per heavy atom. The number of benzene rings is 3. The van der Waals surface area contributed by atoms with Crippen molar-refractivity contribution in [3.05, 3.63) is 84.9 Å². The van der Waals surface area contributed by atoms with Crippen molar-refractivity contribution in [2.45, 2.75) is 78.4 Å². The van der Waals surface area contributed by atoms with E-state index in [0.29, 0.717) is 32.0 Å². The molecule has 6 heteroatoms. The summed E-state index contributed by atoms with van der Waals surface area (Å²) in [6.07, 6.45) is 6.48. The molecule has 1 atom stereocenters. The summed E-state index contributed by atoms with van der Waals surface area (Å²) in [6, 6.07) is 27.8. The van der Waals surface area contributed by atoms with E-state index in [1.165, 1.54) is 35.6 Å². The Kier molecular flexibility index (Phi) is 13.9. The molecule has 0 aliphatic carbocycles. The molecule has 1 saturated heterocycles. The minimum atomic E-state index is -1.36. The Morgan fingerprint density at radius 3 is 1.94 bits per heavy atom. The molecule has 1 heterocycles. The third kappa shape index (κ3) is 10.9. The fourth-order valence-electron chi connectivity index (χ4n) is 6.23. The molecule has 1 fully saturated rings. The highest BCUT2D eigenvalue weighted by Gasteiger charge is 2.38. The molecular formula is C41H56O5Si. The maximum atomic E-state index is 12.0. The Balaban J connectivity index is 1.25. The van der Waals surface area contributed by atoms with E-state index in [4.69, 9.17) is 18.9 Å². The Hall–Kier alpha value is -3.19. The van der Waals surface area contributed by atoms with E-state index >= 15 is 0 Å². The Labute approximate surface area is 284 Å². The number of esters is 1. The van der Waals surface area contributed by atoms with Gasteiger partial charge < -0.3 is 18.9 Å². The van der Waals surface area contributed by atoms with Crippen LogP contribution in [0.15, 0.2) is 84.9 Å². The van der Waals surface area contributed by atoms with Crippen LogP contribution in [-0.4, -0.2) is 53.7 Å². The lowest BCUT2D eigenvalue weighted by molar-refractivity contribution is -0.157. The van der Waals surface area contributed by atoms with Crippen LogP contribution in [0.4, 0.5) is 0 Å². The number of unbranched alkanes of at least 4 members (excludes halogenated alkanes) is 1. The van der Waals surface area contributed by atoms with E-state index in [1.54, 1.807) is 12.1 Å². The minimum Gasteiger partial charge on any atom is -0.494 e. The molecule has 4 rings (SSSR count). The van der Waals surface area contributed by atoms with Gasteiger partial charge in [0, 0.05) is 16.9 Å². The van der Waals surface area contributed by atoms with Crippen LogP contribution >= 0.6 is 0 Å². The molecule has 254 valence electrons. The molecule has 1 aliphatic heterocycles. The van der Waals surface area contributed by atoms with Crippen LogP contribution in [0.25, 0.3) is 22.3 Å². The first kappa shape index (κ1) is 36.6. The molecule has 0 N–H and O–H groups in total. The van der Waals surface area contributed by atoms with Crippen LogP contribution in [-0.2, 0) is 19.0 Å².